The summed E-state index contributed by atoms with van der Waals surface area (Å²) in [7, 11) is 0. The summed E-state index contributed by atoms with van der Waals surface area (Å²) in [6.45, 7) is 6.21. The molecule has 0 radical (unpaired) electrons. The molecule has 2 heterocycles. The van der Waals surface area contributed by atoms with Crippen LogP contribution in [0.5, 0.6) is 0 Å². The maximum absolute atomic E-state index is 5.75. The molecule has 1 aromatic heterocycles. The molecular formula is C16H27N3O. The van der Waals surface area contributed by atoms with Gasteiger partial charge >= 0.3 is 0 Å². The first kappa shape index (κ1) is 13.9. The lowest BCUT2D eigenvalue weighted by Crippen LogP contribution is -2.34. The van der Waals surface area contributed by atoms with Crippen molar-refractivity contribution in [2.24, 2.45) is 5.92 Å². The molecule has 1 aliphatic carbocycles. The second-order valence-electron chi connectivity index (χ2n) is 6.60. The van der Waals surface area contributed by atoms with Gasteiger partial charge < -0.3 is 14.6 Å². The molecule has 2 aliphatic rings. The molecule has 4 nitrogen and oxygen atoms in total. The summed E-state index contributed by atoms with van der Waals surface area (Å²) in [6, 6.07) is 2.00. The van der Waals surface area contributed by atoms with Gasteiger partial charge in [0.2, 0.25) is 0 Å². The fourth-order valence-electron chi connectivity index (χ4n) is 3.68. The van der Waals surface area contributed by atoms with Crippen molar-refractivity contribution in [3.8, 4) is 0 Å². The largest absolute Gasteiger partial charge is 0.432 e. The quantitative estimate of drug-likeness (QED) is 0.896. The van der Waals surface area contributed by atoms with Gasteiger partial charge in [-0.1, -0.05) is 26.7 Å². The Morgan fingerprint density at radius 2 is 2.10 bits per heavy atom. The van der Waals surface area contributed by atoms with Crippen molar-refractivity contribution in [3.63, 3.8) is 0 Å². The molecule has 4 heteroatoms. The van der Waals surface area contributed by atoms with E-state index in [2.05, 4.69) is 29.0 Å². The van der Waals surface area contributed by atoms with Gasteiger partial charge in [0.25, 0.3) is 6.01 Å². The molecule has 112 valence electrons. The van der Waals surface area contributed by atoms with E-state index in [1.54, 1.807) is 0 Å². The third-order valence-corrected chi connectivity index (χ3v) is 4.72. The number of anilines is 1. The van der Waals surface area contributed by atoms with E-state index in [0.29, 0.717) is 12.1 Å². The molecule has 1 atom stereocenters. The topological polar surface area (TPSA) is 41.3 Å². The summed E-state index contributed by atoms with van der Waals surface area (Å²) < 4.78 is 5.75. The van der Waals surface area contributed by atoms with Gasteiger partial charge in [-0.25, -0.2) is 0 Å². The summed E-state index contributed by atoms with van der Waals surface area (Å²) in [5.41, 5.74) is 1.02. The van der Waals surface area contributed by atoms with Crippen LogP contribution in [0.2, 0.25) is 0 Å². The van der Waals surface area contributed by atoms with Crippen LogP contribution in [-0.2, 0) is 6.54 Å². The molecule has 1 saturated heterocycles. The lowest BCUT2D eigenvalue weighted by Gasteiger charge is -2.27. The van der Waals surface area contributed by atoms with Crippen LogP contribution in [0.4, 0.5) is 6.01 Å². The highest BCUT2D eigenvalue weighted by molar-refractivity contribution is 5.31. The minimum Gasteiger partial charge on any atom is -0.432 e. The first-order valence-corrected chi connectivity index (χ1v) is 8.18. The van der Waals surface area contributed by atoms with Crippen molar-refractivity contribution in [1.82, 2.24) is 10.3 Å². The van der Waals surface area contributed by atoms with E-state index >= 15 is 0 Å². The number of rotatable bonds is 5. The SMILES string of the molecule is CC(C)NCc1coc(N2CCCC2C2CCCC2)n1. The van der Waals surface area contributed by atoms with Crippen molar-refractivity contribution >= 4 is 6.01 Å². The van der Waals surface area contributed by atoms with Gasteiger partial charge in [0, 0.05) is 25.2 Å². The molecule has 1 N–H and O–H groups in total. The van der Waals surface area contributed by atoms with Crippen molar-refractivity contribution in [1.29, 1.82) is 0 Å². The maximum atomic E-state index is 5.75. The van der Waals surface area contributed by atoms with Crippen molar-refractivity contribution in [2.45, 2.75) is 71.0 Å². The maximum Gasteiger partial charge on any atom is 0.297 e. The van der Waals surface area contributed by atoms with Crippen LogP contribution in [0.15, 0.2) is 10.7 Å². The van der Waals surface area contributed by atoms with Gasteiger partial charge in [0.1, 0.15) is 6.26 Å². The predicted molar refractivity (Wildman–Crippen MR) is 80.8 cm³/mol. The molecule has 0 spiro atoms. The van der Waals surface area contributed by atoms with Gasteiger partial charge in [-0.3, -0.25) is 0 Å². The number of nitrogens with zero attached hydrogens (tertiary/aromatic N) is 2. The highest BCUT2D eigenvalue weighted by Gasteiger charge is 2.35. The van der Waals surface area contributed by atoms with Crippen LogP contribution < -0.4 is 10.2 Å². The minimum atomic E-state index is 0.480. The lowest BCUT2D eigenvalue weighted by atomic mass is 9.96. The molecule has 1 unspecified atom stereocenters. The predicted octanol–water partition coefficient (Wildman–Crippen LogP) is 3.33. The Morgan fingerprint density at radius 3 is 2.85 bits per heavy atom. The van der Waals surface area contributed by atoms with E-state index < -0.39 is 0 Å². The zero-order valence-corrected chi connectivity index (χ0v) is 12.8. The Bertz CT molecular complexity index is 423. The highest BCUT2D eigenvalue weighted by atomic mass is 16.4. The molecular weight excluding hydrogens is 250 g/mol. The summed E-state index contributed by atoms with van der Waals surface area (Å²) in [5.74, 6) is 0.863. The van der Waals surface area contributed by atoms with Crippen LogP contribution >= 0.6 is 0 Å². The summed E-state index contributed by atoms with van der Waals surface area (Å²) in [6.07, 6.45) is 10.0. The molecule has 1 aromatic rings. The van der Waals surface area contributed by atoms with Gasteiger partial charge in [-0.15, -0.1) is 0 Å². The average Bonchev–Trinajstić information content (AvgIpc) is 3.15. The fourth-order valence-corrected chi connectivity index (χ4v) is 3.68. The smallest absolute Gasteiger partial charge is 0.297 e. The first-order valence-electron chi connectivity index (χ1n) is 8.18. The molecule has 0 bridgehead atoms. The van der Waals surface area contributed by atoms with Crippen LogP contribution in [0.3, 0.4) is 0 Å². The summed E-state index contributed by atoms with van der Waals surface area (Å²) in [4.78, 5) is 7.11. The van der Waals surface area contributed by atoms with E-state index in [1.165, 1.54) is 38.5 Å². The Balaban J connectivity index is 1.65. The number of hydrogen-bond donors (Lipinski definition) is 1. The molecule has 3 rings (SSSR count). The normalized spacial score (nSPS) is 24.1. The van der Waals surface area contributed by atoms with Crippen LogP contribution in [0.25, 0.3) is 0 Å². The molecule has 1 saturated carbocycles. The second kappa shape index (κ2) is 6.17. The fraction of sp³-hybridized carbons (Fsp3) is 0.812. The van der Waals surface area contributed by atoms with Crippen molar-refractivity contribution in [2.75, 3.05) is 11.4 Å². The van der Waals surface area contributed by atoms with E-state index in [1.807, 2.05) is 6.26 Å². The number of nitrogens with one attached hydrogen (secondary N) is 1. The van der Waals surface area contributed by atoms with Crippen LogP contribution in [0.1, 0.15) is 58.1 Å². The van der Waals surface area contributed by atoms with Crippen molar-refractivity contribution in [3.05, 3.63) is 12.0 Å². The molecule has 0 aromatic carbocycles. The third kappa shape index (κ3) is 3.00. The van der Waals surface area contributed by atoms with Crippen LogP contribution in [0, 0.1) is 5.92 Å². The highest BCUT2D eigenvalue weighted by Crippen LogP contribution is 2.37. The van der Waals surface area contributed by atoms with Gasteiger partial charge in [-0.05, 0) is 31.6 Å². The van der Waals surface area contributed by atoms with E-state index in [-0.39, 0.29) is 0 Å². The Labute approximate surface area is 121 Å². The van der Waals surface area contributed by atoms with Crippen molar-refractivity contribution < 1.29 is 4.42 Å². The third-order valence-electron chi connectivity index (χ3n) is 4.72. The van der Waals surface area contributed by atoms with Crippen LogP contribution in [-0.4, -0.2) is 23.6 Å². The lowest BCUT2D eigenvalue weighted by molar-refractivity contribution is 0.409. The number of aromatic nitrogens is 1. The molecule has 0 amide bonds. The number of oxazole rings is 1. The molecule has 1 aliphatic heterocycles. The Kier molecular flexibility index (Phi) is 4.29. The Morgan fingerprint density at radius 1 is 1.30 bits per heavy atom. The van der Waals surface area contributed by atoms with Gasteiger partial charge in [-0.2, -0.15) is 4.98 Å². The Hall–Kier alpha value is -1.03. The van der Waals surface area contributed by atoms with Gasteiger partial charge in [0.15, 0.2) is 0 Å². The van der Waals surface area contributed by atoms with E-state index in [4.69, 9.17) is 4.42 Å². The first-order chi connectivity index (χ1) is 9.74. The minimum absolute atomic E-state index is 0.480. The average molecular weight is 277 g/mol. The summed E-state index contributed by atoms with van der Waals surface area (Å²) >= 11 is 0. The molecule has 2 fully saturated rings. The van der Waals surface area contributed by atoms with E-state index in [0.717, 1.165) is 30.7 Å². The van der Waals surface area contributed by atoms with E-state index in [9.17, 15) is 0 Å². The molecule has 20 heavy (non-hydrogen) atoms. The standard InChI is InChI=1S/C16H27N3O/c1-12(2)17-10-14-11-20-16(18-14)19-9-5-8-15(19)13-6-3-4-7-13/h11-13,15,17H,3-10H2,1-2H3. The zero-order chi connectivity index (χ0) is 13.9. The summed E-state index contributed by atoms with van der Waals surface area (Å²) in [5, 5.41) is 3.39. The number of hydrogen-bond acceptors (Lipinski definition) is 4. The second-order valence-corrected chi connectivity index (χ2v) is 6.60. The van der Waals surface area contributed by atoms with Gasteiger partial charge in [0.05, 0.1) is 5.69 Å². The monoisotopic (exact) mass is 277 g/mol. The zero-order valence-electron chi connectivity index (χ0n) is 12.8.